The smallest absolute Gasteiger partial charge is 0.338 e. The first-order chi connectivity index (χ1) is 18.0. The van der Waals surface area contributed by atoms with Crippen LogP contribution in [0.1, 0.15) is 44.8 Å². The van der Waals surface area contributed by atoms with Crippen molar-refractivity contribution < 1.29 is 23.9 Å². The number of nitrogens with zero attached hydrogens (tertiary/aromatic N) is 2. The Morgan fingerprint density at radius 1 is 0.811 bits per heavy atom. The van der Waals surface area contributed by atoms with Crippen LogP contribution in [0.5, 0.6) is 0 Å². The van der Waals surface area contributed by atoms with Gasteiger partial charge >= 0.3 is 5.97 Å². The van der Waals surface area contributed by atoms with E-state index in [9.17, 15) is 19.2 Å². The number of anilines is 1. The van der Waals surface area contributed by atoms with E-state index in [0.717, 1.165) is 11.1 Å². The zero-order chi connectivity index (χ0) is 25.7. The van der Waals surface area contributed by atoms with Crippen molar-refractivity contribution in [2.45, 2.75) is 19.0 Å². The predicted octanol–water partition coefficient (Wildman–Crippen LogP) is 4.26. The van der Waals surface area contributed by atoms with Gasteiger partial charge in [0.05, 0.1) is 35.7 Å². The lowest BCUT2D eigenvalue weighted by atomic mass is 9.83. The van der Waals surface area contributed by atoms with Crippen LogP contribution in [0, 0.1) is 11.8 Å². The molecule has 3 aromatic rings. The fourth-order valence-electron chi connectivity index (χ4n) is 5.85. The molecule has 4 atom stereocenters. The number of rotatable bonds is 5. The highest BCUT2D eigenvalue weighted by atomic mass is 16.5. The molecule has 3 aliphatic heterocycles. The summed E-state index contributed by atoms with van der Waals surface area (Å²) in [7, 11) is 0. The number of carbonyl (C=O) groups excluding carboxylic acids is 4. The second-order valence-corrected chi connectivity index (χ2v) is 9.34. The van der Waals surface area contributed by atoms with Crippen molar-refractivity contribution in [3.05, 3.63) is 107 Å². The fraction of sp³-hybridized carbons (Fsp3) is 0.200. The van der Waals surface area contributed by atoms with Gasteiger partial charge in [0.1, 0.15) is 6.04 Å². The highest BCUT2D eigenvalue weighted by molar-refractivity contribution is 6.24. The Bertz CT molecular complexity index is 1450. The quantitative estimate of drug-likeness (QED) is 0.301. The largest absolute Gasteiger partial charge is 0.462 e. The number of fused-ring (bicyclic) bond motifs is 5. The van der Waals surface area contributed by atoms with Crippen LogP contribution in [-0.2, 0) is 14.3 Å². The zero-order valence-electron chi connectivity index (χ0n) is 20.1. The van der Waals surface area contributed by atoms with E-state index in [1.807, 2.05) is 47.5 Å². The molecular formula is C30H24N2O5. The standard InChI is InChI=1S/C30H24N2O5/c1-2-37-30(36)20-12-14-21(15-13-20)32-28(34)23-24(29(32)35)26(27(33)19-9-4-3-5-10-19)31-17-16-18-8-6-7-11-22(18)25(23)31/h3-17,23-26H,2H2,1H3/t23-,24+,25?,26-/m0/s1. The Hall–Kier alpha value is -4.52. The van der Waals surface area contributed by atoms with Gasteiger partial charge in [0.2, 0.25) is 11.8 Å². The molecule has 2 amide bonds. The molecular weight excluding hydrogens is 468 g/mol. The fourth-order valence-corrected chi connectivity index (χ4v) is 5.85. The minimum atomic E-state index is -0.842. The minimum absolute atomic E-state index is 0.192. The summed E-state index contributed by atoms with van der Waals surface area (Å²) in [5.41, 5.74) is 3.09. The van der Waals surface area contributed by atoms with E-state index in [1.165, 1.54) is 4.90 Å². The van der Waals surface area contributed by atoms with Crippen molar-refractivity contribution in [3.63, 3.8) is 0 Å². The SMILES string of the molecule is CCOC(=O)c1ccc(N2C(=O)[C@@H]3[C@H](C2=O)C2c4ccccc4C=CN2[C@@H]3C(=O)c2ccccc2)cc1. The number of ether oxygens (including phenoxy) is 1. The summed E-state index contributed by atoms with van der Waals surface area (Å²) in [5.74, 6) is -2.98. The first kappa shape index (κ1) is 22.9. The first-order valence-corrected chi connectivity index (χ1v) is 12.3. The number of amides is 2. The van der Waals surface area contributed by atoms with E-state index in [4.69, 9.17) is 4.74 Å². The molecule has 3 aromatic carbocycles. The number of esters is 1. The topological polar surface area (TPSA) is 84.0 Å². The molecule has 0 spiro atoms. The second kappa shape index (κ2) is 8.85. The maximum atomic E-state index is 13.9. The van der Waals surface area contributed by atoms with Crippen molar-refractivity contribution in [3.8, 4) is 0 Å². The normalized spacial score (nSPS) is 23.5. The van der Waals surface area contributed by atoms with Crippen LogP contribution in [-0.4, -0.2) is 41.1 Å². The van der Waals surface area contributed by atoms with Gasteiger partial charge in [0.25, 0.3) is 0 Å². The predicted molar refractivity (Wildman–Crippen MR) is 136 cm³/mol. The van der Waals surface area contributed by atoms with E-state index in [-0.39, 0.29) is 18.3 Å². The number of ketones is 1. The number of imide groups is 1. The molecule has 2 saturated heterocycles. The minimum Gasteiger partial charge on any atom is -0.462 e. The summed E-state index contributed by atoms with van der Waals surface area (Å²) in [5, 5.41) is 0. The molecule has 37 heavy (non-hydrogen) atoms. The van der Waals surface area contributed by atoms with Crippen molar-refractivity contribution in [1.29, 1.82) is 0 Å². The van der Waals surface area contributed by atoms with Gasteiger partial charge in [0, 0.05) is 11.8 Å². The summed E-state index contributed by atoms with van der Waals surface area (Å²) in [4.78, 5) is 56.8. The van der Waals surface area contributed by atoms with Gasteiger partial charge in [-0.25, -0.2) is 9.69 Å². The summed E-state index contributed by atoms with van der Waals surface area (Å²) >= 11 is 0. The van der Waals surface area contributed by atoms with Crippen LogP contribution < -0.4 is 4.90 Å². The second-order valence-electron chi connectivity index (χ2n) is 9.34. The monoisotopic (exact) mass is 492 g/mol. The van der Waals surface area contributed by atoms with Gasteiger partial charge in [-0.1, -0.05) is 54.6 Å². The lowest BCUT2D eigenvalue weighted by Crippen LogP contribution is -2.44. The van der Waals surface area contributed by atoms with E-state index in [0.29, 0.717) is 16.8 Å². The van der Waals surface area contributed by atoms with Gasteiger partial charge in [-0.3, -0.25) is 14.4 Å². The molecule has 0 aliphatic carbocycles. The highest BCUT2D eigenvalue weighted by Crippen LogP contribution is 2.53. The van der Waals surface area contributed by atoms with Crippen LogP contribution in [0.2, 0.25) is 0 Å². The number of hydrogen-bond acceptors (Lipinski definition) is 6. The molecule has 7 heteroatoms. The average Bonchev–Trinajstić information content (AvgIpc) is 3.41. The molecule has 0 aromatic heterocycles. The molecule has 0 radical (unpaired) electrons. The van der Waals surface area contributed by atoms with E-state index in [1.54, 1.807) is 55.5 Å². The molecule has 3 aliphatic rings. The maximum absolute atomic E-state index is 13.9. The lowest BCUT2D eigenvalue weighted by molar-refractivity contribution is -0.123. The van der Waals surface area contributed by atoms with Crippen LogP contribution in [0.3, 0.4) is 0 Å². The van der Waals surface area contributed by atoms with Crippen molar-refractivity contribution in [2.24, 2.45) is 11.8 Å². The molecule has 6 rings (SSSR count). The van der Waals surface area contributed by atoms with Crippen LogP contribution >= 0.6 is 0 Å². The summed E-state index contributed by atoms with van der Waals surface area (Å²) in [6.07, 6.45) is 3.77. The number of benzene rings is 3. The van der Waals surface area contributed by atoms with E-state index in [2.05, 4.69) is 0 Å². The average molecular weight is 493 g/mol. The molecule has 0 saturated carbocycles. The number of Topliss-reactive ketones (excluding diaryl/α,β-unsaturated/α-hetero) is 1. The first-order valence-electron chi connectivity index (χ1n) is 12.3. The van der Waals surface area contributed by atoms with Gasteiger partial charge in [0.15, 0.2) is 5.78 Å². The third-order valence-electron chi connectivity index (χ3n) is 7.43. The Morgan fingerprint density at radius 2 is 1.49 bits per heavy atom. The van der Waals surface area contributed by atoms with Crippen LogP contribution in [0.4, 0.5) is 5.69 Å². The Kier molecular flexibility index (Phi) is 5.48. The van der Waals surface area contributed by atoms with E-state index >= 15 is 0 Å². The Morgan fingerprint density at radius 3 is 2.22 bits per heavy atom. The van der Waals surface area contributed by atoms with Crippen molar-refractivity contribution in [1.82, 2.24) is 4.90 Å². The summed E-state index contributed by atoms with van der Waals surface area (Å²) < 4.78 is 5.04. The summed E-state index contributed by atoms with van der Waals surface area (Å²) in [6.45, 7) is 1.97. The lowest BCUT2D eigenvalue weighted by Gasteiger charge is -2.35. The molecule has 0 N–H and O–H groups in total. The molecule has 7 nitrogen and oxygen atoms in total. The van der Waals surface area contributed by atoms with Crippen LogP contribution in [0.25, 0.3) is 6.08 Å². The number of carbonyl (C=O) groups is 4. The van der Waals surface area contributed by atoms with E-state index < -0.39 is 35.8 Å². The van der Waals surface area contributed by atoms with Crippen LogP contribution in [0.15, 0.2) is 85.1 Å². The number of hydrogen-bond donors (Lipinski definition) is 0. The molecule has 184 valence electrons. The van der Waals surface area contributed by atoms with Crippen molar-refractivity contribution >= 4 is 35.3 Å². The summed E-state index contributed by atoms with van der Waals surface area (Å²) in [6, 6.07) is 21.6. The van der Waals surface area contributed by atoms with Gasteiger partial charge in [-0.15, -0.1) is 0 Å². The van der Waals surface area contributed by atoms with Gasteiger partial charge in [-0.05, 0) is 48.4 Å². The highest BCUT2D eigenvalue weighted by Gasteiger charge is 2.64. The third-order valence-corrected chi connectivity index (χ3v) is 7.43. The zero-order valence-corrected chi connectivity index (χ0v) is 20.1. The molecule has 3 heterocycles. The third kappa shape index (κ3) is 3.49. The van der Waals surface area contributed by atoms with Crippen molar-refractivity contribution in [2.75, 3.05) is 11.5 Å². The molecule has 1 unspecified atom stereocenters. The molecule has 0 bridgehead atoms. The Labute approximate surface area is 213 Å². The van der Waals surface area contributed by atoms with Gasteiger partial charge in [-0.2, -0.15) is 0 Å². The van der Waals surface area contributed by atoms with Gasteiger partial charge < -0.3 is 9.64 Å². The maximum Gasteiger partial charge on any atom is 0.338 e. The molecule has 2 fully saturated rings. The Balaban J connectivity index is 1.43.